The molecule has 2 aromatic heterocycles. The molecule has 3 heterocycles. The fourth-order valence-electron chi connectivity index (χ4n) is 4.14. The van der Waals surface area contributed by atoms with Crippen molar-refractivity contribution in [2.45, 2.75) is 45.7 Å². The lowest BCUT2D eigenvalue weighted by molar-refractivity contribution is 0.0904. The molecule has 0 radical (unpaired) electrons. The summed E-state index contributed by atoms with van der Waals surface area (Å²) in [4.78, 5) is 17.7. The first-order valence-corrected chi connectivity index (χ1v) is 11.2. The van der Waals surface area contributed by atoms with Crippen LogP contribution in [0.4, 0.5) is 5.69 Å². The SMILES string of the molecule is CCn1ncc2c(NC3CCOCC3)c(C(=O)NCCc3ccc(OC)c(C)c3)cnc21. The molecular weight excluding hydrogens is 406 g/mol. The number of hydrogen-bond acceptors (Lipinski definition) is 6. The van der Waals surface area contributed by atoms with Crippen LogP contribution in [0.5, 0.6) is 5.75 Å². The molecule has 0 spiro atoms. The number of nitrogens with one attached hydrogen (secondary N) is 2. The smallest absolute Gasteiger partial charge is 0.254 e. The first kappa shape index (κ1) is 22.1. The maximum Gasteiger partial charge on any atom is 0.254 e. The summed E-state index contributed by atoms with van der Waals surface area (Å²) in [5.74, 6) is 0.733. The zero-order valence-corrected chi connectivity index (χ0v) is 19.0. The third-order valence-corrected chi connectivity index (χ3v) is 5.94. The normalized spacial score (nSPS) is 14.5. The number of aromatic nitrogens is 3. The second-order valence-corrected chi connectivity index (χ2v) is 8.09. The van der Waals surface area contributed by atoms with E-state index in [2.05, 4.69) is 26.8 Å². The van der Waals surface area contributed by atoms with Gasteiger partial charge in [0.2, 0.25) is 0 Å². The van der Waals surface area contributed by atoms with Gasteiger partial charge in [-0.25, -0.2) is 9.67 Å². The third kappa shape index (κ3) is 4.70. The maximum absolute atomic E-state index is 13.1. The molecule has 8 heteroatoms. The standard InChI is InChI=1S/C24H31N5O3/c1-4-29-23-19(15-27-29)22(28-18-8-11-32-12-9-18)20(14-26-23)24(30)25-10-7-17-5-6-21(31-3)16(2)13-17/h5-6,13-15,18H,4,7-12H2,1-3H3,(H,25,30)(H,26,28). The van der Waals surface area contributed by atoms with Crippen LogP contribution in [0, 0.1) is 6.92 Å². The average Bonchev–Trinajstić information content (AvgIpc) is 3.24. The molecule has 8 nitrogen and oxygen atoms in total. The summed E-state index contributed by atoms with van der Waals surface area (Å²) in [7, 11) is 1.67. The molecule has 0 bridgehead atoms. The minimum atomic E-state index is -0.136. The highest BCUT2D eigenvalue weighted by atomic mass is 16.5. The van der Waals surface area contributed by atoms with E-state index in [1.807, 2.05) is 30.7 Å². The zero-order valence-electron chi connectivity index (χ0n) is 19.0. The van der Waals surface area contributed by atoms with Gasteiger partial charge in [-0.15, -0.1) is 0 Å². The van der Waals surface area contributed by atoms with E-state index in [1.165, 1.54) is 0 Å². The highest BCUT2D eigenvalue weighted by Gasteiger charge is 2.22. The predicted molar refractivity (Wildman–Crippen MR) is 124 cm³/mol. The lowest BCUT2D eigenvalue weighted by atomic mass is 10.1. The van der Waals surface area contributed by atoms with Crippen LogP contribution >= 0.6 is 0 Å². The van der Waals surface area contributed by atoms with E-state index < -0.39 is 0 Å². The van der Waals surface area contributed by atoms with E-state index in [4.69, 9.17) is 9.47 Å². The number of carbonyl (C=O) groups is 1. The van der Waals surface area contributed by atoms with Gasteiger partial charge >= 0.3 is 0 Å². The number of rotatable bonds is 8. The number of fused-ring (bicyclic) bond motifs is 1. The minimum absolute atomic E-state index is 0.136. The van der Waals surface area contributed by atoms with Crippen LogP contribution in [-0.4, -0.2) is 53.6 Å². The Balaban J connectivity index is 1.52. The Morgan fingerprint density at radius 3 is 2.81 bits per heavy atom. The number of ether oxygens (including phenoxy) is 2. The molecule has 2 N–H and O–H groups in total. The molecular formula is C24H31N5O3. The Morgan fingerprint density at radius 1 is 1.28 bits per heavy atom. The maximum atomic E-state index is 13.1. The number of amides is 1. The number of anilines is 1. The third-order valence-electron chi connectivity index (χ3n) is 5.94. The van der Waals surface area contributed by atoms with Crippen molar-refractivity contribution < 1.29 is 14.3 Å². The van der Waals surface area contributed by atoms with Crippen molar-refractivity contribution in [3.63, 3.8) is 0 Å². The van der Waals surface area contributed by atoms with E-state index in [0.29, 0.717) is 12.1 Å². The van der Waals surface area contributed by atoms with Crippen LogP contribution in [0.1, 0.15) is 41.3 Å². The highest BCUT2D eigenvalue weighted by molar-refractivity contribution is 6.06. The Hall–Kier alpha value is -3.13. The molecule has 170 valence electrons. The summed E-state index contributed by atoms with van der Waals surface area (Å²) in [6, 6.07) is 6.35. The zero-order chi connectivity index (χ0) is 22.5. The summed E-state index contributed by atoms with van der Waals surface area (Å²) in [6.45, 7) is 6.76. The molecule has 0 atom stereocenters. The van der Waals surface area contributed by atoms with Crippen molar-refractivity contribution in [2.75, 3.05) is 32.2 Å². The summed E-state index contributed by atoms with van der Waals surface area (Å²) < 4.78 is 12.7. The van der Waals surface area contributed by atoms with Crippen molar-refractivity contribution in [1.29, 1.82) is 0 Å². The van der Waals surface area contributed by atoms with Crippen LogP contribution < -0.4 is 15.4 Å². The average molecular weight is 438 g/mol. The summed E-state index contributed by atoms with van der Waals surface area (Å²) in [5, 5.41) is 12.0. The second-order valence-electron chi connectivity index (χ2n) is 8.09. The quantitative estimate of drug-likeness (QED) is 0.562. The minimum Gasteiger partial charge on any atom is -0.496 e. The van der Waals surface area contributed by atoms with Gasteiger partial charge in [-0.1, -0.05) is 12.1 Å². The van der Waals surface area contributed by atoms with Gasteiger partial charge in [0.05, 0.1) is 29.9 Å². The van der Waals surface area contributed by atoms with Crippen molar-refractivity contribution in [1.82, 2.24) is 20.1 Å². The number of benzene rings is 1. The summed E-state index contributed by atoms with van der Waals surface area (Å²) >= 11 is 0. The van der Waals surface area contributed by atoms with Crippen LogP contribution in [-0.2, 0) is 17.7 Å². The van der Waals surface area contributed by atoms with Gasteiger partial charge < -0.3 is 20.1 Å². The topological polar surface area (TPSA) is 90.3 Å². The number of hydrogen-bond donors (Lipinski definition) is 2. The van der Waals surface area contributed by atoms with Gasteiger partial charge in [0.15, 0.2) is 5.65 Å². The molecule has 3 aromatic rings. The lowest BCUT2D eigenvalue weighted by Gasteiger charge is -2.25. The molecule has 32 heavy (non-hydrogen) atoms. The van der Waals surface area contributed by atoms with Crippen LogP contribution in [0.2, 0.25) is 0 Å². The number of carbonyl (C=O) groups excluding carboxylic acids is 1. The Kier molecular flexibility index (Phi) is 6.90. The van der Waals surface area contributed by atoms with Gasteiger partial charge in [0, 0.05) is 38.5 Å². The van der Waals surface area contributed by atoms with Crippen LogP contribution in [0.3, 0.4) is 0 Å². The number of pyridine rings is 1. The molecule has 0 aliphatic carbocycles. The molecule has 1 aromatic carbocycles. The fraction of sp³-hybridized carbons (Fsp3) is 0.458. The van der Waals surface area contributed by atoms with E-state index >= 15 is 0 Å². The van der Waals surface area contributed by atoms with Gasteiger partial charge in [-0.3, -0.25) is 4.79 Å². The number of aryl methyl sites for hydroxylation is 2. The first-order chi connectivity index (χ1) is 15.6. The molecule has 1 amide bonds. The molecule has 4 rings (SSSR count). The first-order valence-electron chi connectivity index (χ1n) is 11.2. The Labute approximate surface area is 188 Å². The molecule has 0 saturated carbocycles. The molecule has 1 saturated heterocycles. The van der Waals surface area contributed by atoms with Gasteiger partial charge in [-0.05, 0) is 50.3 Å². The van der Waals surface area contributed by atoms with E-state index in [0.717, 1.165) is 72.6 Å². The molecule has 1 aliphatic heterocycles. The molecule has 1 aliphatic rings. The monoisotopic (exact) mass is 437 g/mol. The lowest BCUT2D eigenvalue weighted by Crippen LogP contribution is -2.31. The van der Waals surface area contributed by atoms with Gasteiger partial charge in [0.25, 0.3) is 5.91 Å². The second kappa shape index (κ2) is 9.99. The van der Waals surface area contributed by atoms with Crippen molar-refractivity contribution in [3.8, 4) is 5.75 Å². The van der Waals surface area contributed by atoms with E-state index in [1.54, 1.807) is 19.5 Å². The van der Waals surface area contributed by atoms with Crippen molar-refractivity contribution in [2.24, 2.45) is 0 Å². The van der Waals surface area contributed by atoms with Crippen LogP contribution in [0.15, 0.2) is 30.6 Å². The highest BCUT2D eigenvalue weighted by Crippen LogP contribution is 2.28. The van der Waals surface area contributed by atoms with Crippen molar-refractivity contribution >= 4 is 22.6 Å². The van der Waals surface area contributed by atoms with Gasteiger partial charge in [0.1, 0.15) is 5.75 Å². The predicted octanol–water partition coefficient (Wildman–Crippen LogP) is 3.33. The van der Waals surface area contributed by atoms with E-state index in [9.17, 15) is 4.79 Å². The van der Waals surface area contributed by atoms with E-state index in [-0.39, 0.29) is 11.9 Å². The fourth-order valence-corrected chi connectivity index (χ4v) is 4.14. The Morgan fingerprint density at radius 2 is 2.09 bits per heavy atom. The largest absolute Gasteiger partial charge is 0.496 e. The van der Waals surface area contributed by atoms with Gasteiger partial charge in [-0.2, -0.15) is 5.10 Å². The molecule has 1 fully saturated rings. The summed E-state index contributed by atoms with van der Waals surface area (Å²) in [6.07, 6.45) is 6.01. The molecule has 0 unspecified atom stereocenters. The van der Waals surface area contributed by atoms with Crippen molar-refractivity contribution in [3.05, 3.63) is 47.3 Å². The van der Waals surface area contributed by atoms with Crippen LogP contribution in [0.25, 0.3) is 11.0 Å². The number of nitrogens with zero attached hydrogens (tertiary/aromatic N) is 3. The Bertz CT molecular complexity index is 1090. The number of methoxy groups -OCH3 is 1. The summed E-state index contributed by atoms with van der Waals surface area (Å²) in [5.41, 5.74) is 4.38.